The predicted octanol–water partition coefficient (Wildman–Crippen LogP) is 4.08. The van der Waals surface area contributed by atoms with Crippen LogP contribution in [0.3, 0.4) is 0 Å². The van der Waals surface area contributed by atoms with Gasteiger partial charge in [-0.3, -0.25) is 4.79 Å². The summed E-state index contributed by atoms with van der Waals surface area (Å²) in [6.45, 7) is 2.39. The van der Waals surface area contributed by atoms with Crippen LogP contribution < -0.4 is 5.32 Å². The molecule has 0 saturated carbocycles. The van der Waals surface area contributed by atoms with E-state index in [-0.39, 0.29) is 11.4 Å². The molecule has 2 aromatic carbocycles. The molecule has 3 rings (SSSR count). The van der Waals surface area contributed by atoms with Gasteiger partial charge in [0.15, 0.2) is 0 Å². The number of hydrogen-bond acceptors (Lipinski definition) is 5. The first-order chi connectivity index (χ1) is 14.0. The summed E-state index contributed by atoms with van der Waals surface area (Å²) in [6, 6.07) is 18.8. The van der Waals surface area contributed by atoms with Gasteiger partial charge in [-0.2, -0.15) is 9.57 Å². The van der Waals surface area contributed by atoms with Crippen molar-refractivity contribution in [2.75, 3.05) is 11.9 Å². The van der Waals surface area contributed by atoms with Crippen LogP contribution in [-0.2, 0) is 16.6 Å². The topological polar surface area (TPSA) is 90.3 Å². The number of hydrogen-bond donors (Lipinski definition) is 1. The minimum atomic E-state index is -3.69. The van der Waals surface area contributed by atoms with Crippen LogP contribution in [0.5, 0.6) is 0 Å². The molecule has 8 heteroatoms. The van der Waals surface area contributed by atoms with E-state index in [9.17, 15) is 13.2 Å². The van der Waals surface area contributed by atoms with Crippen molar-refractivity contribution in [1.82, 2.24) is 4.31 Å². The average molecular weight is 426 g/mol. The largest absolute Gasteiger partial charge is 0.312 e. The third-order valence-electron chi connectivity index (χ3n) is 4.32. The molecule has 1 aromatic heterocycles. The molecule has 6 nitrogen and oxygen atoms in total. The van der Waals surface area contributed by atoms with Crippen LogP contribution in [-0.4, -0.2) is 25.2 Å². The molecule has 0 unspecified atom stereocenters. The lowest BCUT2D eigenvalue weighted by molar-refractivity contribution is 0.102. The normalized spacial score (nSPS) is 11.2. The minimum Gasteiger partial charge on any atom is -0.312 e. The molecule has 0 radical (unpaired) electrons. The van der Waals surface area contributed by atoms with E-state index in [4.69, 9.17) is 5.26 Å². The van der Waals surface area contributed by atoms with E-state index in [0.29, 0.717) is 22.7 Å². The Hall–Kier alpha value is -2.99. The van der Waals surface area contributed by atoms with E-state index in [1.165, 1.54) is 39.9 Å². The fourth-order valence-corrected chi connectivity index (χ4v) is 4.92. The lowest BCUT2D eigenvalue weighted by Crippen LogP contribution is -2.30. The van der Waals surface area contributed by atoms with Gasteiger partial charge in [-0.25, -0.2) is 8.42 Å². The highest BCUT2D eigenvalue weighted by molar-refractivity contribution is 7.89. The van der Waals surface area contributed by atoms with Gasteiger partial charge in [0.25, 0.3) is 5.91 Å². The number of sulfonamides is 1. The second kappa shape index (κ2) is 9.01. The quantitative estimate of drug-likeness (QED) is 0.617. The Bertz CT molecular complexity index is 1130. The van der Waals surface area contributed by atoms with Gasteiger partial charge in [-0.1, -0.05) is 37.3 Å². The number of nitrogens with one attached hydrogen (secondary N) is 1. The third-order valence-corrected chi connectivity index (χ3v) is 7.09. The van der Waals surface area contributed by atoms with Crippen molar-refractivity contribution >= 4 is 32.3 Å². The number of anilines is 1. The van der Waals surface area contributed by atoms with Crippen LogP contribution in [0.4, 0.5) is 5.00 Å². The first kappa shape index (κ1) is 20.7. The molecule has 0 saturated heterocycles. The Morgan fingerprint density at radius 1 is 1.10 bits per heavy atom. The highest BCUT2D eigenvalue weighted by atomic mass is 32.2. The molecule has 0 aliphatic heterocycles. The number of benzene rings is 2. The van der Waals surface area contributed by atoms with Gasteiger partial charge in [-0.15, -0.1) is 11.3 Å². The SMILES string of the molecule is CCN(Cc1ccccc1)S(=O)(=O)c1ccc(C(=O)Nc2sccc2C#N)cc1. The van der Waals surface area contributed by atoms with E-state index < -0.39 is 15.9 Å². The second-order valence-corrected chi connectivity index (χ2v) is 9.02. The summed E-state index contributed by atoms with van der Waals surface area (Å²) in [6.07, 6.45) is 0. The Balaban J connectivity index is 1.77. The van der Waals surface area contributed by atoms with Crippen molar-refractivity contribution < 1.29 is 13.2 Å². The van der Waals surface area contributed by atoms with Crippen LogP contribution in [0.15, 0.2) is 70.9 Å². The molecule has 1 N–H and O–H groups in total. The lowest BCUT2D eigenvalue weighted by Gasteiger charge is -2.20. The van der Waals surface area contributed by atoms with Crippen LogP contribution in [0.2, 0.25) is 0 Å². The summed E-state index contributed by atoms with van der Waals surface area (Å²) in [7, 11) is -3.69. The summed E-state index contributed by atoms with van der Waals surface area (Å²) in [5.41, 5.74) is 1.60. The van der Waals surface area contributed by atoms with Crippen LogP contribution in [0.25, 0.3) is 0 Å². The minimum absolute atomic E-state index is 0.126. The molecule has 148 valence electrons. The zero-order chi connectivity index (χ0) is 20.9. The van der Waals surface area contributed by atoms with Gasteiger partial charge >= 0.3 is 0 Å². The van der Waals surface area contributed by atoms with E-state index in [1.807, 2.05) is 36.4 Å². The number of carbonyl (C=O) groups is 1. The van der Waals surface area contributed by atoms with Crippen molar-refractivity contribution in [3.8, 4) is 6.07 Å². The van der Waals surface area contributed by atoms with Crippen molar-refractivity contribution in [2.24, 2.45) is 0 Å². The third kappa shape index (κ3) is 4.71. The van der Waals surface area contributed by atoms with Gasteiger partial charge in [-0.05, 0) is 41.3 Å². The van der Waals surface area contributed by atoms with E-state index in [0.717, 1.165) is 5.56 Å². The van der Waals surface area contributed by atoms with Crippen molar-refractivity contribution in [1.29, 1.82) is 5.26 Å². The lowest BCUT2D eigenvalue weighted by atomic mass is 10.2. The molecule has 0 spiro atoms. The molecule has 3 aromatic rings. The first-order valence-electron chi connectivity index (χ1n) is 8.88. The Kier molecular flexibility index (Phi) is 6.44. The van der Waals surface area contributed by atoms with Gasteiger partial charge in [0.1, 0.15) is 11.1 Å². The predicted molar refractivity (Wildman–Crippen MR) is 113 cm³/mol. The molecular weight excluding hydrogens is 406 g/mol. The zero-order valence-corrected chi connectivity index (χ0v) is 17.3. The van der Waals surface area contributed by atoms with Crippen molar-refractivity contribution in [3.05, 3.63) is 82.7 Å². The Labute approximate surface area is 174 Å². The number of nitriles is 1. The summed E-state index contributed by atoms with van der Waals surface area (Å²) in [5, 5.41) is 13.9. The van der Waals surface area contributed by atoms with Crippen LogP contribution >= 0.6 is 11.3 Å². The Morgan fingerprint density at radius 3 is 2.41 bits per heavy atom. The monoisotopic (exact) mass is 425 g/mol. The molecule has 0 aliphatic rings. The summed E-state index contributed by atoms with van der Waals surface area (Å²) < 4.78 is 27.4. The molecule has 0 fully saturated rings. The smallest absolute Gasteiger partial charge is 0.256 e. The molecule has 0 atom stereocenters. The van der Waals surface area contributed by atoms with Gasteiger partial charge in [0, 0.05) is 18.7 Å². The number of nitrogens with zero attached hydrogens (tertiary/aromatic N) is 2. The highest BCUT2D eigenvalue weighted by Gasteiger charge is 2.23. The van der Waals surface area contributed by atoms with E-state index in [1.54, 1.807) is 18.4 Å². The Morgan fingerprint density at radius 2 is 1.79 bits per heavy atom. The highest BCUT2D eigenvalue weighted by Crippen LogP contribution is 2.24. The summed E-state index contributed by atoms with van der Waals surface area (Å²) in [5.74, 6) is -0.399. The molecule has 0 aliphatic carbocycles. The van der Waals surface area contributed by atoms with E-state index in [2.05, 4.69) is 5.32 Å². The van der Waals surface area contributed by atoms with Gasteiger partial charge < -0.3 is 5.32 Å². The van der Waals surface area contributed by atoms with Crippen LogP contribution in [0, 0.1) is 11.3 Å². The number of carbonyl (C=O) groups excluding carboxylic acids is 1. The van der Waals surface area contributed by atoms with Crippen molar-refractivity contribution in [3.63, 3.8) is 0 Å². The molecule has 29 heavy (non-hydrogen) atoms. The van der Waals surface area contributed by atoms with Gasteiger partial charge in [0.2, 0.25) is 10.0 Å². The van der Waals surface area contributed by atoms with Crippen molar-refractivity contribution in [2.45, 2.75) is 18.4 Å². The molecule has 1 amide bonds. The number of amides is 1. The fourth-order valence-electron chi connectivity index (χ4n) is 2.75. The molecule has 1 heterocycles. The van der Waals surface area contributed by atoms with Crippen LogP contribution in [0.1, 0.15) is 28.4 Å². The van der Waals surface area contributed by atoms with E-state index >= 15 is 0 Å². The standard InChI is InChI=1S/C21H19N3O3S2/c1-2-24(15-16-6-4-3-5-7-16)29(26,27)19-10-8-17(9-11-19)20(25)23-21-18(14-22)12-13-28-21/h3-13H,2,15H2,1H3,(H,23,25). The maximum Gasteiger partial charge on any atom is 0.256 e. The number of rotatable bonds is 7. The molecule has 0 bridgehead atoms. The van der Waals surface area contributed by atoms with Gasteiger partial charge in [0.05, 0.1) is 10.5 Å². The summed E-state index contributed by atoms with van der Waals surface area (Å²) >= 11 is 1.26. The number of thiophene rings is 1. The zero-order valence-electron chi connectivity index (χ0n) is 15.7. The second-order valence-electron chi connectivity index (χ2n) is 6.17. The molecular formula is C21H19N3O3S2. The first-order valence-corrected chi connectivity index (χ1v) is 11.2. The summed E-state index contributed by atoms with van der Waals surface area (Å²) in [4.78, 5) is 12.5. The maximum atomic E-state index is 13.0. The maximum absolute atomic E-state index is 13.0. The average Bonchev–Trinajstić information content (AvgIpc) is 3.19. The fraction of sp³-hybridized carbons (Fsp3) is 0.143.